The van der Waals surface area contributed by atoms with Crippen molar-refractivity contribution < 1.29 is 4.52 Å². The molecule has 2 heterocycles. The van der Waals surface area contributed by atoms with E-state index in [9.17, 15) is 0 Å². The lowest BCUT2D eigenvalue weighted by Gasteiger charge is -2.03. The van der Waals surface area contributed by atoms with Gasteiger partial charge in [-0.1, -0.05) is 35.0 Å². The first kappa shape index (κ1) is 11.5. The summed E-state index contributed by atoms with van der Waals surface area (Å²) in [7, 11) is 0. The predicted molar refractivity (Wildman–Crippen MR) is 74.3 cm³/mol. The smallest absolute Gasteiger partial charge is 0.230 e. The Morgan fingerprint density at radius 1 is 1.05 bits per heavy atom. The second kappa shape index (κ2) is 4.57. The number of pyridine rings is 1. The van der Waals surface area contributed by atoms with Crippen LogP contribution in [-0.4, -0.2) is 10.1 Å². The number of hydrogen-bond acceptors (Lipinski definition) is 4. The molecule has 0 unspecified atom stereocenters. The minimum Gasteiger partial charge on any atom is -0.367 e. The van der Waals surface area contributed by atoms with Gasteiger partial charge in [0.15, 0.2) is 0 Å². The monoisotopic (exact) mass is 251 g/mol. The van der Waals surface area contributed by atoms with Gasteiger partial charge in [0.2, 0.25) is 5.88 Å². The molecule has 0 radical (unpaired) electrons. The van der Waals surface area contributed by atoms with Gasteiger partial charge in [0, 0.05) is 18.0 Å². The van der Waals surface area contributed by atoms with Crippen molar-refractivity contribution >= 4 is 5.88 Å². The molecule has 0 saturated heterocycles. The number of nitrogen functional groups attached to an aromatic ring is 1. The van der Waals surface area contributed by atoms with Gasteiger partial charge in [-0.25, -0.2) is 0 Å². The normalized spacial score (nSPS) is 10.6. The summed E-state index contributed by atoms with van der Waals surface area (Å²) in [6.45, 7) is 2.04. The Hall–Kier alpha value is -2.62. The Morgan fingerprint density at radius 3 is 2.58 bits per heavy atom. The molecule has 0 aliphatic carbocycles. The average molecular weight is 251 g/mol. The largest absolute Gasteiger partial charge is 0.367 e. The molecule has 2 N–H and O–H groups in total. The maximum absolute atomic E-state index is 5.92. The summed E-state index contributed by atoms with van der Waals surface area (Å²) >= 11 is 0. The quantitative estimate of drug-likeness (QED) is 0.759. The number of rotatable bonds is 2. The minimum absolute atomic E-state index is 0.331. The summed E-state index contributed by atoms with van der Waals surface area (Å²) in [4.78, 5) is 4.00. The molecule has 0 amide bonds. The fourth-order valence-electron chi connectivity index (χ4n) is 2.09. The van der Waals surface area contributed by atoms with Crippen molar-refractivity contribution in [2.45, 2.75) is 6.92 Å². The van der Waals surface area contributed by atoms with E-state index in [2.05, 4.69) is 16.2 Å². The fourth-order valence-corrected chi connectivity index (χ4v) is 2.09. The van der Waals surface area contributed by atoms with Crippen LogP contribution in [0.15, 0.2) is 53.3 Å². The molecule has 0 aliphatic rings. The van der Waals surface area contributed by atoms with Crippen molar-refractivity contribution in [2.24, 2.45) is 0 Å². The van der Waals surface area contributed by atoms with Gasteiger partial charge in [0.25, 0.3) is 0 Å². The van der Waals surface area contributed by atoms with Gasteiger partial charge in [-0.3, -0.25) is 4.98 Å². The van der Waals surface area contributed by atoms with Crippen LogP contribution in [-0.2, 0) is 0 Å². The van der Waals surface area contributed by atoms with E-state index in [1.807, 2.05) is 37.3 Å². The van der Waals surface area contributed by atoms with E-state index >= 15 is 0 Å². The first-order valence-electron chi connectivity index (χ1n) is 5.98. The molecule has 0 aliphatic heterocycles. The lowest BCUT2D eigenvalue weighted by molar-refractivity contribution is 0.439. The molecule has 2 aromatic heterocycles. The molecule has 0 saturated carbocycles. The molecular formula is C15H13N3O. The van der Waals surface area contributed by atoms with Gasteiger partial charge >= 0.3 is 0 Å². The van der Waals surface area contributed by atoms with Crippen LogP contribution in [0.3, 0.4) is 0 Å². The first-order chi connectivity index (χ1) is 9.25. The highest BCUT2D eigenvalue weighted by Crippen LogP contribution is 2.36. The van der Waals surface area contributed by atoms with Crippen LogP contribution in [0.2, 0.25) is 0 Å². The Bertz CT molecular complexity index is 704. The zero-order valence-corrected chi connectivity index (χ0v) is 10.5. The number of aromatic nitrogens is 2. The van der Waals surface area contributed by atoms with Crippen LogP contribution in [0.4, 0.5) is 5.88 Å². The lowest BCUT2D eigenvalue weighted by Crippen LogP contribution is -1.88. The third-order valence-electron chi connectivity index (χ3n) is 2.98. The summed E-state index contributed by atoms with van der Waals surface area (Å²) in [6.07, 6.45) is 3.44. The van der Waals surface area contributed by atoms with Crippen LogP contribution < -0.4 is 5.73 Å². The van der Waals surface area contributed by atoms with E-state index in [1.54, 1.807) is 12.4 Å². The predicted octanol–water partition coefficient (Wildman–Crippen LogP) is 3.29. The fraction of sp³-hybridized carbons (Fsp3) is 0.0667. The highest BCUT2D eigenvalue weighted by molar-refractivity contribution is 5.86. The molecule has 19 heavy (non-hydrogen) atoms. The highest BCUT2D eigenvalue weighted by Gasteiger charge is 2.17. The van der Waals surface area contributed by atoms with Gasteiger partial charge in [0.05, 0.1) is 5.56 Å². The van der Waals surface area contributed by atoms with Crippen molar-refractivity contribution in [1.29, 1.82) is 0 Å². The molecule has 0 fully saturated rings. The van der Waals surface area contributed by atoms with E-state index in [-0.39, 0.29) is 0 Å². The van der Waals surface area contributed by atoms with E-state index in [0.29, 0.717) is 5.88 Å². The number of aryl methyl sites for hydroxylation is 1. The summed E-state index contributed by atoms with van der Waals surface area (Å²) in [5, 5.41) is 4.06. The van der Waals surface area contributed by atoms with Gasteiger partial charge < -0.3 is 10.3 Å². The number of nitrogens with two attached hydrogens (primary N) is 1. The van der Waals surface area contributed by atoms with E-state index in [0.717, 1.165) is 22.4 Å². The van der Waals surface area contributed by atoms with E-state index in [1.165, 1.54) is 5.56 Å². The molecule has 3 aromatic rings. The van der Waals surface area contributed by atoms with Crippen molar-refractivity contribution in [1.82, 2.24) is 10.1 Å². The number of benzene rings is 1. The molecule has 0 bridgehead atoms. The van der Waals surface area contributed by atoms with E-state index in [4.69, 9.17) is 10.3 Å². The van der Waals surface area contributed by atoms with Gasteiger partial charge in [-0.05, 0) is 24.6 Å². The molecule has 1 aromatic carbocycles. The van der Waals surface area contributed by atoms with Gasteiger partial charge in [0.1, 0.15) is 5.69 Å². The average Bonchev–Trinajstić information content (AvgIpc) is 2.82. The van der Waals surface area contributed by atoms with Gasteiger partial charge in [-0.15, -0.1) is 0 Å². The van der Waals surface area contributed by atoms with Crippen molar-refractivity contribution in [3.05, 3.63) is 54.4 Å². The first-order valence-corrected chi connectivity index (χ1v) is 5.98. The summed E-state index contributed by atoms with van der Waals surface area (Å²) in [5.74, 6) is 0.331. The van der Waals surface area contributed by atoms with Crippen LogP contribution in [0.1, 0.15) is 5.56 Å². The molecule has 3 rings (SSSR count). The van der Waals surface area contributed by atoms with E-state index < -0.39 is 0 Å². The summed E-state index contributed by atoms with van der Waals surface area (Å²) in [5.41, 5.74) is 10.6. The maximum Gasteiger partial charge on any atom is 0.230 e. The van der Waals surface area contributed by atoms with Gasteiger partial charge in [-0.2, -0.15) is 0 Å². The third-order valence-corrected chi connectivity index (χ3v) is 2.98. The second-order valence-electron chi connectivity index (χ2n) is 4.38. The molecule has 0 spiro atoms. The minimum atomic E-state index is 0.331. The van der Waals surface area contributed by atoms with Crippen molar-refractivity contribution in [2.75, 3.05) is 5.73 Å². The van der Waals surface area contributed by atoms with Crippen LogP contribution in [0, 0.1) is 6.92 Å². The summed E-state index contributed by atoms with van der Waals surface area (Å²) in [6, 6.07) is 11.9. The number of nitrogens with zero attached hydrogens (tertiary/aromatic N) is 2. The van der Waals surface area contributed by atoms with Crippen LogP contribution in [0.5, 0.6) is 0 Å². The topological polar surface area (TPSA) is 64.9 Å². The van der Waals surface area contributed by atoms with Crippen LogP contribution in [0.25, 0.3) is 22.4 Å². The zero-order chi connectivity index (χ0) is 13.2. The number of hydrogen-bond donors (Lipinski definition) is 1. The van der Waals surface area contributed by atoms with Crippen molar-refractivity contribution in [3.63, 3.8) is 0 Å². The highest BCUT2D eigenvalue weighted by atomic mass is 16.5. The third kappa shape index (κ3) is 2.08. The van der Waals surface area contributed by atoms with Crippen LogP contribution >= 0.6 is 0 Å². The maximum atomic E-state index is 5.92. The molecule has 0 atom stereocenters. The standard InChI is InChI=1S/C15H13N3O/c1-10-3-2-4-12(9-10)13-14(18-19-15(13)16)11-5-7-17-8-6-11/h2-9H,16H2,1H3. The molecule has 4 heteroatoms. The Labute approximate surface area is 110 Å². The Balaban J connectivity index is 2.20. The lowest BCUT2D eigenvalue weighted by atomic mass is 10.0. The number of anilines is 1. The summed E-state index contributed by atoms with van der Waals surface area (Å²) < 4.78 is 5.15. The second-order valence-corrected chi connectivity index (χ2v) is 4.38. The molecule has 4 nitrogen and oxygen atoms in total. The molecule has 94 valence electrons. The Morgan fingerprint density at radius 2 is 1.84 bits per heavy atom. The Kier molecular flexibility index (Phi) is 2.76. The zero-order valence-electron chi connectivity index (χ0n) is 10.5. The van der Waals surface area contributed by atoms with Crippen molar-refractivity contribution in [3.8, 4) is 22.4 Å². The molecular weight excluding hydrogens is 238 g/mol. The SMILES string of the molecule is Cc1cccc(-c2c(-c3ccncc3)noc2N)c1.